The van der Waals surface area contributed by atoms with Gasteiger partial charge in [-0.1, -0.05) is 42.5 Å². The van der Waals surface area contributed by atoms with Crippen molar-refractivity contribution in [2.24, 2.45) is 0 Å². The van der Waals surface area contributed by atoms with Crippen molar-refractivity contribution in [3.8, 4) is 22.9 Å². The molecule has 154 valence electrons. The van der Waals surface area contributed by atoms with E-state index in [1.165, 1.54) is 0 Å². The fourth-order valence-corrected chi connectivity index (χ4v) is 3.78. The van der Waals surface area contributed by atoms with Gasteiger partial charge in [0.05, 0.1) is 24.1 Å². The first-order valence-corrected chi connectivity index (χ1v) is 10.0. The summed E-state index contributed by atoms with van der Waals surface area (Å²) in [5.41, 5.74) is 5.15. The zero-order chi connectivity index (χ0) is 21.4. The Hall–Kier alpha value is -4.06. The molecule has 3 heterocycles. The molecule has 0 atom stereocenters. The molecule has 6 heteroatoms. The molecule has 31 heavy (non-hydrogen) atoms. The van der Waals surface area contributed by atoms with E-state index in [4.69, 9.17) is 14.4 Å². The molecule has 6 nitrogen and oxygen atoms in total. The van der Waals surface area contributed by atoms with Crippen LogP contribution in [-0.4, -0.2) is 24.6 Å². The number of hydrogen-bond donors (Lipinski definition) is 2. The van der Waals surface area contributed by atoms with Gasteiger partial charge in [0.1, 0.15) is 17.2 Å². The summed E-state index contributed by atoms with van der Waals surface area (Å²) < 4.78 is 7.10. The van der Waals surface area contributed by atoms with Crippen molar-refractivity contribution in [3.05, 3.63) is 101 Å². The predicted octanol–water partition coefficient (Wildman–Crippen LogP) is 4.89. The number of furan rings is 1. The van der Waals surface area contributed by atoms with Gasteiger partial charge in [-0.2, -0.15) is 0 Å². The maximum atomic E-state index is 11.0. The third-order valence-electron chi connectivity index (χ3n) is 5.44. The first-order chi connectivity index (χ1) is 15.1. The van der Waals surface area contributed by atoms with Crippen molar-refractivity contribution in [3.63, 3.8) is 0 Å². The van der Waals surface area contributed by atoms with Crippen LogP contribution >= 0.6 is 0 Å². The van der Waals surface area contributed by atoms with Crippen LogP contribution in [0.5, 0.6) is 11.6 Å². The number of rotatable bonds is 5. The van der Waals surface area contributed by atoms with Crippen molar-refractivity contribution >= 4 is 5.65 Å². The minimum atomic E-state index is 0.0576. The van der Waals surface area contributed by atoms with Crippen molar-refractivity contribution in [1.82, 2.24) is 14.4 Å². The Balaban J connectivity index is 1.70. The lowest BCUT2D eigenvalue weighted by Gasteiger charge is -2.11. The first-order valence-electron chi connectivity index (χ1n) is 10.0. The number of aromatic hydroxyl groups is 2. The highest BCUT2D eigenvalue weighted by Gasteiger charge is 2.19. The SMILES string of the molecule is Cc1c(O)cccc1-c1cn2c(O)c(Cc3ccco3)nc2c(Cc2ccccc2)n1. The molecule has 0 bridgehead atoms. The fourth-order valence-electron chi connectivity index (χ4n) is 3.78. The van der Waals surface area contributed by atoms with Crippen LogP contribution in [0.1, 0.15) is 28.3 Å². The first kappa shape index (κ1) is 18.9. The molecule has 0 amide bonds. The van der Waals surface area contributed by atoms with Gasteiger partial charge in [0.2, 0.25) is 5.88 Å². The zero-order valence-corrected chi connectivity index (χ0v) is 17.0. The summed E-state index contributed by atoms with van der Waals surface area (Å²) in [6.45, 7) is 1.85. The molecule has 0 unspecified atom stereocenters. The third-order valence-corrected chi connectivity index (χ3v) is 5.44. The van der Waals surface area contributed by atoms with Gasteiger partial charge in [0, 0.05) is 23.7 Å². The molecule has 0 aliphatic heterocycles. The molecule has 5 aromatic rings. The van der Waals surface area contributed by atoms with E-state index in [9.17, 15) is 10.2 Å². The number of benzene rings is 2. The van der Waals surface area contributed by atoms with Crippen molar-refractivity contribution in [2.45, 2.75) is 19.8 Å². The van der Waals surface area contributed by atoms with Crippen LogP contribution < -0.4 is 0 Å². The molecule has 2 N–H and O–H groups in total. The van der Waals surface area contributed by atoms with E-state index in [2.05, 4.69) is 0 Å². The molecule has 0 aliphatic rings. The largest absolute Gasteiger partial charge is 0.508 e. The van der Waals surface area contributed by atoms with Gasteiger partial charge >= 0.3 is 0 Å². The number of aromatic nitrogens is 3. The molecule has 0 radical (unpaired) electrons. The molecule has 0 fully saturated rings. The van der Waals surface area contributed by atoms with Crippen molar-refractivity contribution < 1.29 is 14.6 Å². The highest BCUT2D eigenvalue weighted by atomic mass is 16.3. The fraction of sp³-hybridized carbons (Fsp3) is 0.120. The van der Waals surface area contributed by atoms with Crippen LogP contribution in [0, 0.1) is 6.92 Å². The normalized spacial score (nSPS) is 11.3. The molecular weight excluding hydrogens is 390 g/mol. The number of nitrogens with zero attached hydrogens (tertiary/aromatic N) is 3. The van der Waals surface area contributed by atoms with Gasteiger partial charge in [-0.3, -0.25) is 4.40 Å². The lowest BCUT2D eigenvalue weighted by molar-refractivity contribution is 0.438. The van der Waals surface area contributed by atoms with E-state index in [1.807, 2.05) is 55.5 Å². The summed E-state index contributed by atoms with van der Waals surface area (Å²) in [4.78, 5) is 9.59. The van der Waals surface area contributed by atoms with Crippen LogP contribution in [0.4, 0.5) is 0 Å². The van der Waals surface area contributed by atoms with Gasteiger partial charge in [-0.25, -0.2) is 9.97 Å². The average Bonchev–Trinajstić information content (AvgIpc) is 3.40. The second-order valence-electron chi connectivity index (χ2n) is 7.52. The average molecular weight is 411 g/mol. The van der Waals surface area contributed by atoms with Crippen LogP contribution in [-0.2, 0) is 12.8 Å². The lowest BCUT2D eigenvalue weighted by atomic mass is 10.0. The Morgan fingerprint density at radius 2 is 1.71 bits per heavy atom. The molecule has 5 rings (SSSR count). The number of hydrogen-bond acceptors (Lipinski definition) is 5. The molecule has 0 spiro atoms. The maximum absolute atomic E-state index is 11.0. The summed E-state index contributed by atoms with van der Waals surface area (Å²) in [7, 11) is 0. The van der Waals surface area contributed by atoms with E-state index in [0.29, 0.717) is 29.9 Å². The number of imidazole rings is 1. The molecule has 0 saturated heterocycles. The second kappa shape index (κ2) is 7.65. The van der Waals surface area contributed by atoms with E-state index in [1.54, 1.807) is 29.0 Å². The van der Waals surface area contributed by atoms with E-state index >= 15 is 0 Å². The summed E-state index contributed by atoms with van der Waals surface area (Å²) >= 11 is 0. The van der Waals surface area contributed by atoms with Crippen molar-refractivity contribution in [1.29, 1.82) is 0 Å². The Labute approximate surface area is 179 Å². The monoisotopic (exact) mass is 411 g/mol. The van der Waals surface area contributed by atoms with Crippen LogP contribution in [0.2, 0.25) is 0 Å². The molecule has 2 aromatic carbocycles. The molecule has 3 aromatic heterocycles. The van der Waals surface area contributed by atoms with E-state index in [-0.39, 0.29) is 11.6 Å². The highest BCUT2D eigenvalue weighted by Crippen LogP contribution is 2.31. The zero-order valence-electron chi connectivity index (χ0n) is 17.0. The van der Waals surface area contributed by atoms with Gasteiger partial charge in [0.15, 0.2) is 5.65 Å². The maximum Gasteiger partial charge on any atom is 0.219 e. The van der Waals surface area contributed by atoms with E-state index < -0.39 is 0 Å². The lowest BCUT2D eigenvalue weighted by Crippen LogP contribution is -2.01. The van der Waals surface area contributed by atoms with Crippen LogP contribution in [0.3, 0.4) is 0 Å². The third kappa shape index (κ3) is 3.53. The van der Waals surface area contributed by atoms with Crippen molar-refractivity contribution in [2.75, 3.05) is 0 Å². The molecule has 0 saturated carbocycles. The Morgan fingerprint density at radius 3 is 2.48 bits per heavy atom. The number of phenols is 1. The summed E-state index contributed by atoms with van der Waals surface area (Å²) in [5.74, 6) is 0.986. The van der Waals surface area contributed by atoms with Gasteiger partial charge in [-0.05, 0) is 30.7 Å². The van der Waals surface area contributed by atoms with Gasteiger partial charge in [0.25, 0.3) is 0 Å². The van der Waals surface area contributed by atoms with Gasteiger partial charge < -0.3 is 14.6 Å². The number of phenolic OH excluding ortho intramolecular Hbond substituents is 1. The Morgan fingerprint density at radius 1 is 0.871 bits per heavy atom. The Kier molecular flexibility index (Phi) is 4.67. The number of fused-ring (bicyclic) bond motifs is 1. The van der Waals surface area contributed by atoms with Gasteiger partial charge in [-0.15, -0.1) is 0 Å². The minimum absolute atomic E-state index is 0.0576. The van der Waals surface area contributed by atoms with Crippen LogP contribution in [0.15, 0.2) is 77.5 Å². The van der Waals surface area contributed by atoms with E-state index in [0.717, 1.165) is 28.1 Å². The minimum Gasteiger partial charge on any atom is -0.508 e. The summed E-state index contributed by atoms with van der Waals surface area (Å²) in [6, 6.07) is 19.0. The quantitative estimate of drug-likeness (QED) is 0.430. The Bertz CT molecular complexity index is 1360. The summed E-state index contributed by atoms with van der Waals surface area (Å²) in [5, 5.41) is 21.1. The topological polar surface area (TPSA) is 83.8 Å². The molecular formula is C25H21N3O3. The highest BCUT2D eigenvalue weighted by molar-refractivity contribution is 5.68. The predicted molar refractivity (Wildman–Crippen MR) is 117 cm³/mol. The standard InChI is InChI=1S/C25H21N3O3/c1-16-19(10-5-11-23(16)29)22-15-28-24(20(26-22)13-17-7-3-2-4-8-17)27-21(25(28)30)14-18-9-6-12-31-18/h2-12,15,29-30H,13-14H2,1H3. The molecule has 0 aliphatic carbocycles. The smallest absolute Gasteiger partial charge is 0.219 e. The summed E-state index contributed by atoms with van der Waals surface area (Å²) in [6.07, 6.45) is 4.31. The van der Waals surface area contributed by atoms with Crippen LogP contribution in [0.25, 0.3) is 16.9 Å². The second-order valence-corrected chi connectivity index (χ2v) is 7.52.